The standard InChI is InChI=1S/C18H34N2O3/c1-13(19-14(2)16-8-10-22-12-16)15-7-6-9-20(11-15)17(21)23-18(3,4)5/h13-16,19H,6-12H2,1-5H3. The van der Waals surface area contributed by atoms with E-state index in [1.54, 1.807) is 0 Å². The molecule has 23 heavy (non-hydrogen) atoms. The van der Waals surface area contributed by atoms with Crippen LogP contribution in [0.1, 0.15) is 53.9 Å². The normalized spacial score (nSPS) is 28.5. The number of amides is 1. The third-order valence-corrected chi connectivity index (χ3v) is 5.01. The van der Waals surface area contributed by atoms with Gasteiger partial charge in [0.25, 0.3) is 0 Å². The van der Waals surface area contributed by atoms with Gasteiger partial charge in [0.2, 0.25) is 0 Å². The Morgan fingerprint density at radius 3 is 2.52 bits per heavy atom. The van der Waals surface area contributed by atoms with Crippen LogP contribution in [0.4, 0.5) is 4.79 Å². The van der Waals surface area contributed by atoms with Crippen molar-refractivity contribution in [2.24, 2.45) is 11.8 Å². The van der Waals surface area contributed by atoms with E-state index in [1.165, 1.54) is 6.42 Å². The first-order valence-corrected chi connectivity index (χ1v) is 9.08. The van der Waals surface area contributed by atoms with Gasteiger partial charge in [-0.3, -0.25) is 0 Å². The number of carbonyl (C=O) groups is 1. The highest BCUT2D eigenvalue weighted by Gasteiger charge is 2.31. The van der Waals surface area contributed by atoms with Gasteiger partial charge in [-0.05, 0) is 65.7 Å². The molecule has 0 bridgehead atoms. The Kier molecular flexibility index (Phi) is 6.32. The number of piperidine rings is 1. The molecule has 0 spiro atoms. The summed E-state index contributed by atoms with van der Waals surface area (Å²) < 4.78 is 11.0. The maximum Gasteiger partial charge on any atom is 0.410 e. The molecule has 2 rings (SSSR count). The predicted octanol–water partition coefficient (Wildman–Crippen LogP) is 3.04. The number of hydrogen-bond acceptors (Lipinski definition) is 4. The zero-order valence-corrected chi connectivity index (χ0v) is 15.4. The molecule has 4 unspecified atom stereocenters. The Labute approximate surface area is 141 Å². The first kappa shape index (κ1) is 18.5. The molecule has 0 aliphatic carbocycles. The fourth-order valence-electron chi connectivity index (χ4n) is 3.54. The zero-order valence-electron chi connectivity index (χ0n) is 15.4. The number of ether oxygens (including phenoxy) is 2. The summed E-state index contributed by atoms with van der Waals surface area (Å²) in [6.45, 7) is 13.6. The minimum Gasteiger partial charge on any atom is -0.444 e. The monoisotopic (exact) mass is 326 g/mol. The summed E-state index contributed by atoms with van der Waals surface area (Å²) in [5.41, 5.74) is -0.426. The fraction of sp³-hybridized carbons (Fsp3) is 0.944. The number of likely N-dealkylation sites (tertiary alicyclic amines) is 1. The van der Waals surface area contributed by atoms with Crippen LogP contribution in [-0.4, -0.2) is 55.0 Å². The molecule has 2 saturated heterocycles. The zero-order chi connectivity index (χ0) is 17.0. The van der Waals surface area contributed by atoms with Crippen LogP contribution in [0.15, 0.2) is 0 Å². The Morgan fingerprint density at radius 1 is 1.22 bits per heavy atom. The van der Waals surface area contributed by atoms with E-state index in [-0.39, 0.29) is 6.09 Å². The van der Waals surface area contributed by atoms with Crippen molar-refractivity contribution in [3.8, 4) is 0 Å². The lowest BCUT2D eigenvalue weighted by atomic mass is 9.90. The molecule has 4 atom stereocenters. The highest BCUT2D eigenvalue weighted by molar-refractivity contribution is 5.68. The largest absolute Gasteiger partial charge is 0.444 e. The van der Waals surface area contributed by atoms with Crippen molar-refractivity contribution in [3.05, 3.63) is 0 Å². The lowest BCUT2D eigenvalue weighted by Gasteiger charge is -2.38. The molecule has 2 aliphatic heterocycles. The Bertz CT molecular complexity index is 388. The van der Waals surface area contributed by atoms with Crippen LogP contribution in [0.5, 0.6) is 0 Å². The van der Waals surface area contributed by atoms with Crippen LogP contribution in [0, 0.1) is 11.8 Å². The second kappa shape index (κ2) is 7.84. The Morgan fingerprint density at radius 2 is 1.91 bits per heavy atom. The fourth-order valence-corrected chi connectivity index (χ4v) is 3.54. The van der Waals surface area contributed by atoms with E-state index >= 15 is 0 Å². The summed E-state index contributed by atoms with van der Waals surface area (Å²) in [6, 6.07) is 0.861. The van der Waals surface area contributed by atoms with Crippen LogP contribution in [-0.2, 0) is 9.47 Å². The number of nitrogens with zero attached hydrogens (tertiary/aromatic N) is 1. The smallest absolute Gasteiger partial charge is 0.410 e. The van der Waals surface area contributed by atoms with Gasteiger partial charge in [-0.15, -0.1) is 0 Å². The average Bonchev–Trinajstić information content (AvgIpc) is 3.00. The second-order valence-electron chi connectivity index (χ2n) is 8.20. The van der Waals surface area contributed by atoms with E-state index in [0.717, 1.165) is 39.1 Å². The van der Waals surface area contributed by atoms with Crippen LogP contribution in [0.3, 0.4) is 0 Å². The van der Waals surface area contributed by atoms with Crippen LogP contribution in [0.2, 0.25) is 0 Å². The SMILES string of the molecule is CC(NC(C)C1CCCN(C(=O)OC(C)(C)C)C1)C1CCOC1. The van der Waals surface area contributed by atoms with Crippen molar-refractivity contribution in [3.63, 3.8) is 0 Å². The van der Waals surface area contributed by atoms with E-state index in [1.807, 2.05) is 25.7 Å². The molecule has 5 heteroatoms. The predicted molar refractivity (Wildman–Crippen MR) is 91.5 cm³/mol. The van der Waals surface area contributed by atoms with Gasteiger partial charge in [-0.2, -0.15) is 0 Å². The van der Waals surface area contributed by atoms with E-state index < -0.39 is 5.60 Å². The van der Waals surface area contributed by atoms with Gasteiger partial charge >= 0.3 is 6.09 Å². The van der Waals surface area contributed by atoms with Crippen LogP contribution < -0.4 is 5.32 Å². The van der Waals surface area contributed by atoms with E-state index in [2.05, 4.69) is 19.2 Å². The minimum absolute atomic E-state index is 0.174. The summed E-state index contributed by atoms with van der Waals surface area (Å²) in [4.78, 5) is 14.2. The van der Waals surface area contributed by atoms with Crippen molar-refractivity contribution in [1.82, 2.24) is 10.2 Å². The van der Waals surface area contributed by atoms with E-state index in [0.29, 0.717) is 23.9 Å². The van der Waals surface area contributed by atoms with Crippen molar-refractivity contribution >= 4 is 6.09 Å². The van der Waals surface area contributed by atoms with E-state index in [9.17, 15) is 4.79 Å². The van der Waals surface area contributed by atoms with Crippen molar-refractivity contribution < 1.29 is 14.3 Å². The molecule has 2 heterocycles. The molecule has 1 amide bonds. The summed E-state index contributed by atoms with van der Waals surface area (Å²) in [5.74, 6) is 1.10. The van der Waals surface area contributed by atoms with Crippen molar-refractivity contribution in [2.75, 3.05) is 26.3 Å². The molecular weight excluding hydrogens is 292 g/mol. The summed E-state index contributed by atoms with van der Waals surface area (Å²) in [7, 11) is 0. The third-order valence-electron chi connectivity index (χ3n) is 5.01. The van der Waals surface area contributed by atoms with E-state index in [4.69, 9.17) is 9.47 Å². The van der Waals surface area contributed by atoms with Gasteiger partial charge < -0.3 is 19.7 Å². The molecule has 0 aromatic carbocycles. The molecule has 0 aromatic rings. The molecule has 0 aromatic heterocycles. The molecule has 134 valence electrons. The molecule has 2 fully saturated rings. The van der Waals surface area contributed by atoms with Gasteiger partial charge in [0, 0.05) is 31.8 Å². The average molecular weight is 326 g/mol. The lowest BCUT2D eigenvalue weighted by molar-refractivity contribution is 0.0145. The molecule has 0 saturated carbocycles. The van der Waals surface area contributed by atoms with Crippen LogP contribution >= 0.6 is 0 Å². The second-order valence-corrected chi connectivity index (χ2v) is 8.20. The Balaban J connectivity index is 1.83. The molecule has 5 nitrogen and oxygen atoms in total. The highest BCUT2D eigenvalue weighted by Crippen LogP contribution is 2.24. The first-order valence-electron chi connectivity index (χ1n) is 9.08. The van der Waals surface area contributed by atoms with Crippen molar-refractivity contribution in [1.29, 1.82) is 0 Å². The topological polar surface area (TPSA) is 50.8 Å². The number of hydrogen-bond donors (Lipinski definition) is 1. The summed E-state index contributed by atoms with van der Waals surface area (Å²) >= 11 is 0. The lowest BCUT2D eigenvalue weighted by Crippen LogP contribution is -2.50. The Hall–Kier alpha value is -0.810. The van der Waals surface area contributed by atoms with Crippen molar-refractivity contribution in [2.45, 2.75) is 71.6 Å². The van der Waals surface area contributed by atoms with Crippen LogP contribution in [0.25, 0.3) is 0 Å². The number of nitrogens with one attached hydrogen (secondary N) is 1. The molecule has 1 N–H and O–H groups in total. The maximum atomic E-state index is 12.3. The van der Waals surface area contributed by atoms with Gasteiger partial charge in [-0.25, -0.2) is 4.79 Å². The summed E-state index contributed by atoms with van der Waals surface area (Å²) in [6.07, 6.45) is 3.19. The first-order chi connectivity index (χ1) is 10.8. The van der Waals surface area contributed by atoms with Gasteiger partial charge in [0.15, 0.2) is 0 Å². The van der Waals surface area contributed by atoms with Gasteiger partial charge in [-0.1, -0.05) is 0 Å². The highest BCUT2D eigenvalue weighted by atomic mass is 16.6. The molecular formula is C18H34N2O3. The van der Waals surface area contributed by atoms with Gasteiger partial charge in [0.1, 0.15) is 5.60 Å². The molecule has 2 aliphatic rings. The maximum absolute atomic E-state index is 12.3. The van der Waals surface area contributed by atoms with Gasteiger partial charge in [0.05, 0.1) is 6.61 Å². The summed E-state index contributed by atoms with van der Waals surface area (Å²) in [5, 5.41) is 3.74. The number of rotatable bonds is 4. The molecule has 0 radical (unpaired) electrons. The number of carbonyl (C=O) groups excluding carboxylic acids is 1. The quantitative estimate of drug-likeness (QED) is 0.863. The minimum atomic E-state index is -0.426. The third kappa shape index (κ3) is 5.64.